The zero-order valence-corrected chi connectivity index (χ0v) is 16.3. The molecule has 0 bridgehead atoms. The summed E-state index contributed by atoms with van der Waals surface area (Å²) < 4.78 is 26.5. The number of amides is 1. The molecule has 3 rings (SSSR count). The van der Waals surface area contributed by atoms with Crippen LogP contribution in [0.25, 0.3) is 0 Å². The van der Waals surface area contributed by atoms with Crippen LogP contribution in [0.3, 0.4) is 0 Å². The lowest BCUT2D eigenvalue weighted by molar-refractivity contribution is 0.0956. The van der Waals surface area contributed by atoms with Crippen LogP contribution < -0.4 is 10.2 Å². The number of carbonyl (C=O) groups excluding carboxylic acids is 1. The summed E-state index contributed by atoms with van der Waals surface area (Å²) in [5, 5.41) is 3.18. The number of sulfonamides is 1. The van der Waals surface area contributed by atoms with Crippen LogP contribution >= 0.6 is 11.6 Å². The highest BCUT2D eigenvalue weighted by atomic mass is 35.5. The zero-order valence-electron chi connectivity index (χ0n) is 14.7. The Bertz CT molecular complexity index is 867. The summed E-state index contributed by atoms with van der Waals surface area (Å²) in [7, 11) is -3.42. The smallest absolute Gasteiger partial charge is 0.251 e. The number of halogens is 1. The normalized spacial score (nSPS) is 15.5. The van der Waals surface area contributed by atoms with E-state index in [-0.39, 0.29) is 18.2 Å². The second-order valence-corrected chi connectivity index (χ2v) is 8.68. The Labute approximate surface area is 164 Å². The SMILES string of the molecule is O=C(NCCS(=O)(=O)N1CCN(c2ccccn2)CC1)c1ccc(Cl)cc1. The first-order valence-electron chi connectivity index (χ1n) is 8.63. The predicted octanol–water partition coefficient (Wildman–Crippen LogP) is 1.62. The molecule has 9 heteroatoms. The van der Waals surface area contributed by atoms with Crippen molar-refractivity contribution in [1.82, 2.24) is 14.6 Å². The van der Waals surface area contributed by atoms with Crippen molar-refractivity contribution in [2.45, 2.75) is 0 Å². The van der Waals surface area contributed by atoms with Crippen LogP contribution in [0.4, 0.5) is 5.82 Å². The summed E-state index contributed by atoms with van der Waals surface area (Å²) in [4.78, 5) is 18.4. The van der Waals surface area contributed by atoms with Crippen LogP contribution in [0.15, 0.2) is 48.7 Å². The Morgan fingerprint density at radius 3 is 2.41 bits per heavy atom. The Hall–Kier alpha value is -2.16. The summed E-state index contributed by atoms with van der Waals surface area (Å²) in [6.45, 7) is 2.05. The van der Waals surface area contributed by atoms with E-state index < -0.39 is 10.0 Å². The van der Waals surface area contributed by atoms with Gasteiger partial charge in [-0.25, -0.2) is 13.4 Å². The lowest BCUT2D eigenvalue weighted by Crippen LogP contribution is -2.50. The van der Waals surface area contributed by atoms with Crippen molar-refractivity contribution in [2.24, 2.45) is 0 Å². The molecule has 0 unspecified atom stereocenters. The molecule has 1 aromatic carbocycles. The topological polar surface area (TPSA) is 82.6 Å². The minimum Gasteiger partial charge on any atom is -0.354 e. The summed E-state index contributed by atoms with van der Waals surface area (Å²) in [6.07, 6.45) is 1.72. The van der Waals surface area contributed by atoms with Crippen LogP contribution in [0.5, 0.6) is 0 Å². The van der Waals surface area contributed by atoms with Gasteiger partial charge in [-0.05, 0) is 36.4 Å². The molecule has 27 heavy (non-hydrogen) atoms. The van der Waals surface area contributed by atoms with E-state index in [0.717, 1.165) is 5.82 Å². The van der Waals surface area contributed by atoms with Crippen molar-refractivity contribution in [3.8, 4) is 0 Å². The molecular formula is C18H21ClN4O3S. The van der Waals surface area contributed by atoms with Gasteiger partial charge in [-0.3, -0.25) is 4.79 Å². The molecule has 1 aliphatic rings. The van der Waals surface area contributed by atoms with Gasteiger partial charge < -0.3 is 10.2 Å². The number of benzene rings is 1. The van der Waals surface area contributed by atoms with Crippen LogP contribution in [-0.4, -0.2) is 62.1 Å². The van der Waals surface area contributed by atoms with E-state index in [1.165, 1.54) is 4.31 Å². The fraction of sp³-hybridized carbons (Fsp3) is 0.333. The molecule has 1 saturated heterocycles. The van der Waals surface area contributed by atoms with Gasteiger partial charge in [0.25, 0.3) is 5.91 Å². The van der Waals surface area contributed by atoms with Crippen molar-refractivity contribution >= 4 is 33.3 Å². The molecule has 1 amide bonds. The van der Waals surface area contributed by atoms with Gasteiger partial charge in [-0.1, -0.05) is 17.7 Å². The van der Waals surface area contributed by atoms with Crippen molar-refractivity contribution in [3.63, 3.8) is 0 Å². The molecule has 1 N–H and O–H groups in total. The highest BCUT2D eigenvalue weighted by molar-refractivity contribution is 7.89. The average molecular weight is 409 g/mol. The standard InChI is InChI=1S/C18H21ClN4O3S/c19-16-6-4-15(5-7-16)18(24)21-9-14-27(25,26)23-12-10-22(11-13-23)17-3-1-2-8-20-17/h1-8H,9-14H2,(H,21,24). The maximum Gasteiger partial charge on any atom is 0.251 e. The minimum atomic E-state index is -3.42. The third-order valence-electron chi connectivity index (χ3n) is 4.36. The number of hydrogen-bond donors (Lipinski definition) is 1. The van der Waals surface area contributed by atoms with Crippen LogP contribution in [0.1, 0.15) is 10.4 Å². The molecule has 0 saturated carbocycles. The van der Waals surface area contributed by atoms with E-state index in [0.29, 0.717) is 36.8 Å². The molecule has 0 radical (unpaired) electrons. The molecule has 7 nitrogen and oxygen atoms in total. The monoisotopic (exact) mass is 408 g/mol. The quantitative estimate of drug-likeness (QED) is 0.785. The highest BCUT2D eigenvalue weighted by Gasteiger charge is 2.27. The molecule has 2 aromatic rings. The first kappa shape index (κ1) is 19.6. The molecule has 1 fully saturated rings. The van der Waals surface area contributed by atoms with Crippen molar-refractivity contribution in [3.05, 3.63) is 59.2 Å². The van der Waals surface area contributed by atoms with Crippen molar-refractivity contribution in [2.75, 3.05) is 43.4 Å². The third-order valence-corrected chi connectivity index (χ3v) is 6.48. The van der Waals surface area contributed by atoms with Gasteiger partial charge in [-0.15, -0.1) is 0 Å². The molecule has 0 spiro atoms. The second-order valence-electron chi connectivity index (χ2n) is 6.15. The van der Waals surface area contributed by atoms with E-state index >= 15 is 0 Å². The molecule has 2 heterocycles. The molecular weight excluding hydrogens is 388 g/mol. The van der Waals surface area contributed by atoms with Gasteiger partial charge in [-0.2, -0.15) is 4.31 Å². The number of pyridine rings is 1. The number of hydrogen-bond acceptors (Lipinski definition) is 5. The van der Waals surface area contributed by atoms with E-state index in [9.17, 15) is 13.2 Å². The van der Waals surface area contributed by atoms with E-state index in [4.69, 9.17) is 11.6 Å². The number of rotatable bonds is 6. The van der Waals surface area contributed by atoms with Gasteiger partial charge in [0.05, 0.1) is 5.75 Å². The fourth-order valence-corrected chi connectivity index (χ4v) is 4.33. The number of anilines is 1. The van der Waals surface area contributed by atoms with Crippen LogP contribution in [0, 0.1) is 0 Å². The fourth-order valence-electron chi connectivity index (χ4n) is 2.86. The van der Waals surface area contributed by atoms with E-state index in [1.807, 2.05) is 18.2 Å². The maximum atomic E-state index is 12.5. The van der Waals surface area contributed by atoms with Gasteiger partial charge in [0, 0.05) is 49.5 Å². The second kappa shape index (κ2) is 8.69. The van der Waals surface area contributed by atoms with Crippen molar-refractivity contribution in [1.29, 1.82) is 0 Å². The van der Waals surface area contributed by atoms with Crippen molar-refractivity contribution < 1.29 is 13.2 Å². The first-order valence-corrected chi connectivity index (χ1v) is 10.6. The number of aromatic nitrogens is 1. The summed E-state index contributed by atoms with van der Waals surface area (Å²) in [5.74, 6) is 0.405. The first-order chi connectivity index (χ1) is 13.0. The highest BCUT2D eigenvalue weighted by Crippen LogP contribution is 2.15. The Kier molecular flexibility index (Phi) is 6.30. The molecule has 0 atom stereocenters. The summed E-state index contributed by atoms with van der Waals surface area (Å²) >= 11 is 5.79. The van der Waals surface area contributed by atoms with E-state index in [1.54, 1.807) is 30.5 Å². The van der Waals surface area contributed by atoms with Gasteiger partial charge >= 0.3 is 0 Å². The Morgan fingerprint density at radius 2 is 1.78 bits per heavy atom. The third kappa shape index (κ3) is 5.18. The van der Waals surface area contributed by atoms with Gasteiger partial charge in [0.1, 0.15) is 5.82 Å². The average Bonchev–Trinajstić information content (AvgIpc) is 2.69. The summed E-state index contributed by atoms with van der Waals surface area (Å²) in [6, 6.07) is 12.1. The Morgan fingerprint density at radius 1 is 1.07 bits per heavy atom. The van der Waals surface area contributed by atoms with Crippen LogP contribution in [0.2, 0.25) is 5.02 Å². The van der Waals surface area contributed by atoms with Crippen LogP contribution in [-0.2, 0) is 10.0 Å². The number of piperazine rings is 1. The molecule has 0 aliphatic carbocycles. The molecule has 1 aromatic heterocycles. The predicted molar refractivity (Wildman–Crippen MR) is 106 cm³/mol. The number of nitrogens with zero attached hydrogens (tertiary/aromatic N) is 3. The Balaban J connectivity index is 1.47. The zero-order chi connectivity index (χ0) is 19.3. The minimum absolute atomic E-state index is 0.0598. The maximum absolute atomic E-state index is 12.5. The van der Waals surface area contributed by atoms with Gasteiger partial charge in [0.15, 0.2) is 0 Å². The number of carbonyl (C=O) groups is 1. The lowest BCUT2D eigenvalue weighted by atomic mass is 10.2. The molecule has 144 valence electrons. The van der Waals surface area contributed by atoms with Gasteiger partial charge in [0.2, 0.25) is 10.0 Å². The number of nitrogens with one attached hydrogen (secondary N) is 1. The molecule has 1 aliphatic heterocycles. The van der Waals surface area contributed by atoms with E-state index in [2.05, 4.69) is 15.2 Å². The summed E-state index contributed by atoms with van der Waals surface area (Å²) in [5.41, 5.74) is 0.445. The lowest BCUT2D eigenvalue weighted by Gasteiger charge is -2.34. The largest absolute Gasteiger partial charge is 0.354 e.